The molecule has 0 radical (unpaired) electrons. The number of carbonyl (C=O) groups is 2. The molecule has 2 heterocycles. The van der Waals surface area contributed by atoms with Crippen molar-refractivity contribution < 1.29 is 18.7 Å². The highest BCUT2D eigenvalue weighted by molar-refractivity contribution is 6.03. The van der Waals surface area contributed by atoms with Crippen LogP contribution in [-0.4, -0.2) is 18.4 Å². The summed E-state index contributed by atoms with van der Waals surface area (Å²) in [6.45, 7) is 0.557. The van der Waals surface area contributed by atoms with Crippen LogP contribution in [0.4, 0.5) is 5.69 Å². The second-order valence-corrected chi connectivity index (χ2v) is 6.21. The van der Waals surface area contributed by atoms with E-state index in [-0.39, 0.29) is 23.6 Å². The van der Waals surface area contributed by atoms with E-state index in [1.54, 1.807) is 36.4 Å². The van der Waals surface area contributed by atoms with Crippen LogP contribution in [0.3, 0.4) is 0 Å². The molecule has 136 valence electrons. The van der Waals surface area contributed by atoms with Crippen LogP contribution in [-0.2, 0) is 0 Å². The predicted octanol–water partition coefficient (Wildman–Crippen LogP) is 3.79. The zero-order valence-corrected chi connectivity index (χ0v) is 14.5. The molecule has 0 unspecified atom stereocenters. The van der Waals surface area contributed by atoms with E-state index >= 15 is 0 Å². The second kappa shape index (κ2) is 7.37. The summed E-state index contributed by atoms with van der Waals surface area (Å²) in [4.78, 5) is 24.8. The summed E-state index contributed by atoms with van der Waals surface area (Å²) in [6.07, 6.45) is 2.14. The Kier molecular flexibility index (Phi) is 4.61. The Labute approximate surface area is 156 Å². The lowest BCUT2D eigenvalue weighted by atomic mass is 10.00. The van der Waals surface area contributed by atoms with Crippen LogP contribution in [0.5, 0.6) is 5.75 Å². The summed E-state index contributed by atoms with van der Waals surface area (Å²) in [5, 5.41) is 5.78. The van der Waals surface area contributed by atoms with Crippen molar-refractivity contribution in [1.29, 1.82) is 0 Å². The van der Waals surface area contributed by atoms with Crippen LogP contribution < -0.4 is 15.4 Å². The first-order chi connectivity index (χ1) is 13.2. The molecular formula is C21H18N2O4. The van der Waals surface area contributed by atoms with Gasteiger partial charge in [-0.05, 0) is 36.4 Å². The molecule has 0 saturated carbocycles. The molecule has 6 nitrogen and oxygen atoms in total. The number of ether oxygens (including phenoxy) is 1. The average molecular weight is 362 g/mol. The van der Waals surface area contributed by atoms with E-state index in [0.717, 1.165) is 11.3 Å². The fourth-order valence-corrected chi connectivity index (χ4v) is 3.07. The fraction of sp³-hybridized carbons (Fsp3) is 0.143. The molecule has 2 N–H and O–H groups in total. The van der Waals surface area contributed by atoms with Gasteiger partial charge in [0.15, 0.2) is 5.76 Å². The van der Waals surface area contributed by atoms with Crippen molar-refractivity contribution >= 4 is 17.5 Å². The van der Waals surface area contributed by atoms with E-state index in [2.05, 4.69) is 10.6 Å². The summed E-state index contributed by atoms with van der Waals surface area (Å²) < 4.78 is 10.7. The lowest BCUT2D eigenvalue weighted by molar-refractivity contribution is 0.0923. The smallest absolute Gasteiger partial charge is 0.291 e. The maximum Gasteiger partial charge on any atom is 0.291 e. The summed E-state index contributed by atoms with van der Waals surface area (Å²) in [6, 6.07) is 17.6. The number of hydrogen-bond acceptors (Lipinski definition) is 4. The molecule has 0 bridgehead atoms. The summed E-state index contributed by atoms with van der Waals surface area (Å²) in [5.41, 5.74) is 1.96. The molecule has 2 aromatic carbocycles. The Balaban J connectivity index is 1.48. The predicted molar refractivity (Wildman–Crippen MR) is 99.9 cm³/mol. The zero-order valence-electron chi connectivity index (χ0n) is 14.5. The third-order valence-electron chi connectivity index (χ3n) is 4.39. The van der Waals surface area contributed by atoms with E-state index in [1.165, 1.54) is 6.26 Å². The minimum absolute atomic E-state index is 0.108. The van der Waals surface area contributed by atoms with Gasteiger partial charge in [0.2, 0.25) is 0 Å². The van der Waals surface area contributed by atoms with Crippen molar-refractivity contribution in [1.82, 2.24) is 5.32 Å². The molecule has 3 aromatic rings. The van der Waals surface area contributed by atoms with Gasteiger partial charge in [0.25, 0.3) is 11.8 Å². The normalized spacial score (nSPS) is 15.3. The molecule has 0 fully saturated rings. The first kappa shape index (κ1) is 16.9. The monoisotopic (exact) mass is 362 g/mol. The Morgan fingerprint density at radius 1 is 0.963 bits per heavy atom. The number of para-hydroxylation sites is 1. The summed E-state index contributed by atoms with van der Waals surface area (Å²) >= 11 is 0. The van der Waals surface area contributed by atoms with Crippen molar-refractivity contribution in [3.63, 3.8) is 0 Å². The molecule has 27 heavy (non-hydrogen) atoms. The van der Waals surface area contributed by atoms with E-state index in [4.69, 9.17) is 9.15 Å². The van der Waals surface area contributed by atoms with E-state index in [9.17, 15) is 9.59 Å². The molecule has 1 atom stereocenters. The minimum Gasteiger partial charge on any atom is -0.493 e. The van der Waals surface area contributed by atoms with Gasteiger partial charge in [-0.3, -0.25) is 9.59 Å². The van der Waals surface area contributed by atoms with Crippen LogP contribution >= 0.6 is 0 Å². The number of hydrogen-bond donors (Lipinski definition) is 2. The number of amides is 2. The van der Waals surface area contributed by atoms with Crippen LogP contribution in [0.15, 0.2) is 71.3 Å². The van der Waals surface area contributed by atoms with Crippen molar-refractivity contribution in [2.45, 2.75) is 12.5 Å². The first-order valence-electron chi connectivity index (χ1n) is 8.68. The molecule has 1 aliphatic rings. The number of fused-ring (bicyclic) bond motifs is 1. The zero-order chi connectivity index (χ0) is 18.6. The first-order valence-corrected chi connectivity index (χ1v) is 8.68. The van der Waals surface area contributed by atoms with Crippen LogP contribution in [0, 0.1) is 0 Å². The lowest BCUT2D eigenvalue weighted by Crippen LogP contribution is -2.32. The molecule has 2 amide bonds. The SMILES string of the molecule is O=C(N[C@H]1CCOc2ccccc21)c1cccc(NC(=O)c2ccco2)c1. The summed E-state index contributed by atoms with van der Waals surface area (Å²) in [5.74, 6) is 0.443. The number of benzene rings is 2. The topological polar surface area (TPSA) is 80.6 Å². The van der Waals surface area contributed by atoms with E-state index in [1.807, 2.05) is 24.3 Å². The fourth-order valence-electron chi connectivity index (χ4n) is 3.07. The number of carbonyl (C=O) groups excluding carboxylic acids is 2. The van der Waals surface area contributed by atoms with Crippen molar-refractivity contribution in [2.75, 3.05) is 11.9 Å². The van der Waals surface area contributed by atoms with Gasteiger partial charge in [-0.15, -0.1) is 0 Å². The average Bonchev–Trinajstić information content (AvgIpc) is 3.23. The maximum atomic E-state index is 12.7. The second-order valence-electron chi connectivity index (χ2n) is 6.21. The summed E-state index contributed by atoms with van der Waals surface area (Å²) in [7, 11) is 0. The number of rotatable bonds is 4. The van der Waals surface area contributed by atoms with Gasteiger partial charge in [0.05, 0.1) is 18.9 Å². The van der Waals surface area contributed by atoms with Gasteiger partial charge in [0.1, 0.15) is 5.75 Å². The quantitative estimate of drug-likeness (QED) is 0.740. The highest BCUT2D eigenvalue weighted by atomic mass is 16.5. The number of anilines is 1. The molecule has 0 saturated heterocycles. The van der Waals surface area contributed by atoms with Gasteiger partial charge >= 0.3 is 0 Å². The largest absolute Gasteiger partial charge is 0.493 e. The molecule has 1 aliphatic heterocycles. The molecule has 0 aliphatic carbocycles. The standard InChI is InChI=1S/C21H18N2O4/c24-20(23-17-10-12-27-18-8-2-1-7-16(17)18)14-5-3-6-15(13-14)22-21(25)19-9-4-11-26-19/h1-9,11,13,17H,10,12H2,(H,22,25)(H,23,24)/t17-/m0/s1. The third-order valence-corrected chi connectivity index (χ3v) is 4.39. The van der Waals surface area contributed by atoms with Crippen molar-refractivity contribution in [3.8, 4) is 5.75 Å². The molecule has 6 heteroatoms. The van der Waals surface area contributed by atoms with Crippen molar-refractivity contribution in [3.05, 3.63) is 83.8 Å². The number of furan rings is 1. The lowest BCUT2D eigenvalue weighted by Gasteiger charge is -2.26. The van der Waals surface area contributed by atoms with Gasteiger partial charge in [0, 0.05) is 23.2 Å². The molecule has 4 rings (SSSR count). The van der Waals surface area contributed by atoms with E-state index < -0.39 is 0 Å². The van der Waals surface area contributed by atoms with Crippen LogP contribution in [0.25, 0.3) is 0 Å². The molecule has 0 spiro atoms. The Bertz CT molecular complexity index is 966. The number of nitrogens with one attached hydrogen (secondary N) is 2. The Morgan fingerprint density at radius 3 is 2.70 bits per heavy atom. The third kappa shape index (κ3) is 3.69. The molecule has 1 aromatic heterocycles. The highest BCUT2D eigenvalue weighted by Gasteiger charge is 2.23. The van der Waals surface area contributed by atoms with Gasteiger partial charge in [-0.1, -0.05) is 24.3 Å². The van der Waals surface area contributed by atoms with Gasteiger partial charge < -0.3 is 19.8 Å². The highest BCUT2D eigenvalue weighted by Crippen LogP contribution is 2.31. The van der Waals surface area contributed by atoms with Gasteiger partial charge in [-0.25, -0.2) is 0 Å². The minimum atomic E-state index is -0.365. The van der Waals surface area contributed by atoms with Crippen LogP contribution in [0.1, 0.15) is 38.9 Å². The Hall–Kier alpha value is -3.54. The van der Waals surface area contributed by atoms with E-state index in [0.29, 0.717) is 24.3 Å². The maximum absolute atomic E-state index is 12.7. The van der Waals surface area contributed by atoms with Crippen molar-refractivity contribution in [2.24, 2.45) is 0 Å². The van der Waals surface area contributed by atoms with Gasteiger partial charge in [-0.2, -0.15) is 0 Å². The molecular weight excluding hydrogens is 344 g/mol. The Morgan fingerprint density at radius 2 is 1.85 bits per heavy atom. The van der Waals surface area contributed by atoms with Crippen LogP contribution in [0.2, 0.25) is 0 Å².